The van der Waals surface area contributed by atoms with Crippen LogP contribution in [-0.2, 0) is 6.42 Å². The first kappa shape index (κ1) is 12.9. The maximum Gasteiger partial charge on any atom is 0.0406 e. The molecule has 1 aliphatic rings. The molecule has 3 heteroatoms. The van der Waals surface area contributed by atoms with Crippen LogP contribution in [-0.4, -0.2) is 25.2 Å². The standard InChI is InChI=1S/C14H21ClN2/c1-10(2)14-9-16-13(8-17-14)7-11-3-5-12(15)6-4-11/h3-6,10,13-14,16-17H,7-9H2,1-2H3/t13-,14?/m0/s1. The topological polar surface area (TPSA) is 24.1 Å². The van der Waals surface area contributed by atoms with Crippen LogP contribution in [0.25, 0.3) is 0 Å². The van der Waals surface area contributed by atoms with Crippen LogP contribution in [0.5, 0.6) is 0 Å². The van der Waals surface area contributed by atoms with E-state index < -0.39 is 0 Å². The number of rotatable bonds is 3. The second-order valence-electron chi connectivity index (χ2n) is 5.19. The minimum absolute atomic E-state index is 0.533. The third-order valence-electron chi connectivity index (χ3n) is 3.45. The average molecular weight is 253 g/mol. The highest BCUT2D eigenvalue weighted by Crippen LogP contribution is 2.12. The first-order chi connectivity index (χ1) is 8.15. The second kappa shape index (κ2) is 5.85. The van der Waals surface area contributed by atoms with Gasteiger partial charge in [0.2, 0.25) is 0 Å². The molecule has 2 atom stereocenters. The predicted octanol–water partition coefficient (Wildman–Crippen LogP) is 2.47. The molecule has 1 aromatic carbocycles. The zero-order valence-electron chi connectivity index (χ0n) is 10.5. The Morgan fingerprint density at radius 2 is 1.88 bits per heavy atom. The van der Waals surface area contributed by atoms with Crippen LogP contribution in [0.4, 0.5) is 0 Å². The Labute approximate surface area is 109 Å². The van der Waals surface area contributed by atoms with E-state index in [1.807, 2.05) is 12.1 Å². The lowest BCUT2D eigenvalue weighted by Crippen LogP contribution is -2.56. The highest BCUT2D eigenvalue weighted by molar-refractivity contribution is 6.30. The Morgan fingerprint density at radius 3 is 2.41 bits per heavy atom. The third-order valence-corrected chi connectivity index (χ3v) is 3.70. The van der Waals surface area contributed by atoms with Crippen LogP contribution in [0.2, 0.25) is 5.02 Å². The third kappa shape index (κ3) is 3.70. The highest BCUT2D eigenvalue weighted by Gasteiger charge is 2.21. The molecule has 1 aromatic rings. The quantitative estimate of drug-likeness (QED) is 0.864. The van der Waals surface area contributed by atoms with Gasteiger partial charge in [-0.15, -0.1) is 0 Å². The van der Waals surface area contributed by atoms with Gasteiger partial charge in [-0.2, -0.15) is 0 Å². The van der Waals surface area contributed by atoms with Crippen LogP contribution < -0.4 is 10.6 Å². The minimum Gasteiger partial charge on any atom is -0.311 e. The van der Waals surface area contributed by atoms with Gasteiger partial charge in [0.15, 0.2) is 0 Å². The van der Waals surface area contributed by atoms with Crippen molar-refractivity contribution in [1.29, 1.82) is 0 Å². The lowest BCUT2D eigenvalue weighted by molar-refractivity contribution is 0.293. The van der Waals surface area contributed by atoms with Gasteiger partial charge in [-0.05, 0) is 30.0 Å². The molecule has 1 aliphatic heterocycles. The minimum atomic E-state index is 0.533. The van der Waals surface area contributed by atoms with E-state index in [9.17, 15) is 0 Å². The fourth-order valence-corrected chi connectivity index (χ4v) is 2.38. The fourth-order valence-electron chi connectivity index (χ4n) is 2.25. The van der Waals surface area contributed by atoms with E-state index in [0.717, 1.165) is 24.5 Å². The summed E-state index contributed by atoms with van der Waals surface area (Å²) in [6.45, 7) is 6.64. The Hall–Kier alpha value is -0.570. The van der Waals surface area contributed by atoms with E-state index in [4.69, 9.17) is 11.6 Å². The maximum atomic E-state index is 5.88. The molecule has 1 saturated heterocycles. The van der Waals surface area contributed by atoms with Crippen molar-refractivity contribution in [2.75, 3.05) is 13.1 Å². The van der Waals surface area contributed by atoms with Crippen molar-refractivity contribution in [3.8, 4) is 0 Å². The molecular formula is C14H21ClN2. The van der Waals surface area contributed by atoms with Crippen molar-refractivity contribution < 1.29 is 0 Å². The molecule has 0 amide bonds. The van der Waals surface area contributed by atoms with Gasteiger partial charge in [-0.3, -0.25) is 0 Å². The first-order valence-corrected chi connectivity index (χ1v) is 6.74. The summed E-state index contributed by atoms with van der Waals surface area (Å²) in [5.74, 6) is 0.694. The van der Waals surface area contributed by atoms with Gasteiger partial charge in [0, 0.05) is 30.2 Å². The van der Waals surface area contributed by atoms with Gasteiger partial charge >= 0.3 is 0 Å². The van der Waals surface area contributed by atoms with Crippen molar-refractivity contribution >= 4 is 11.6 Å². The van der Waals surface area contributed by atoms with Crippen molar-refractivity contribution in [2.24, 2.45) is 5.92 Å². The summed E-state index contributed by atoms with van der Waals surface area (Å²) in [5, 5.41) is 8.04. The molecule has 0 aromatic heterocycles. The smallest absolute Gasteiger partial charge is 0.0406 e. The van der Waals surface area contributed by atoms with Gasteiger partial charge < -0.3 is 10.6 Å². The monoisotopic (exact) mass is 252 g/mol. The van der Waals surface area contributed by atoms with Gasteiger partial charge in [-0.1, -0.05) is 37.6 Å². The molecule has 0 bridgehead atoms. The summed E-state index contributed by atoms with van der Waals surface area (Å²) in [5.41, 5.74) is 1.34. The molecule has 1 fully saturated rings. The number of piperazine rings is 1. The average Bonchev–Trinajstić information content (AvgIpc) is 2.33. The molecule has 0 radical (unpaired) electrons. The molecule has 0 spiro atoms. The van der Waals surface area contributed by atoms with Gasteiger partial charge in [0.25, 0.3) is 0 Å². The zero-order valence-corrected chi connectivity index (χ0v) is 11.3. The molecular weight excluding hydrogens is 232 g/mol. The summed E-state index contributed by atoms with van der Waals surface area (Å²) >= 11 is 5.88. The molecule has 2 N–H and O–H groups in total. The Bertz CT molecular complexity index is 340. The maximum absolute atomic E-state index is 5.88. The Morgan fingerprint density at radius 1 is 1.18 bits per heavy atom. The van der Waals surface area contributed by atoms with Crippen molar-refractivity contribution in [1.82, 2.24) is 10.6 Å². The molecule has 1 unspecified atom stereocenters. The van der Waals surface area contributed by atoms with Gasteiger partial charge in [0.05, 0.1) is 0 Å². The number of hydrogen-bond donors (Lipinski definition) is 2. The van der Waals surface area contributed by atoms with Crippen molar-refractivity contribution in [3.05, 3.63) is 34.9 Å². The molecule has 2 rings (SSSR count). The molecule has 17 heavy (non-hydrogen) atoms. The van der Waals surface area contributed by atoms with E-state index in [-0.39, 0.29) is 0 Å². The van der Waals surface area contributed by atoms with E-state index in [2.05, 4.69) is 36.6 Å². The van der Waals surface area contributed by atoms with Crippen molar-refractivity contribution in [3.63, 3.8) is 0 Å². The Balaban J connectivity index is 1.84. The van der Waals surface area contributed by atoms with Crippen LogP contribution in [0.3, 0.4) is 0 Å². The molecule has 1 heterocycles. The van der Waals surface area contributed by atoms with E-state index in [0.29, 0.717) is 18.0 Å². The number of nitrogens with one attached hydrogen (secondary N) is 2. The zero-order chi connectivity index (χ0) is 12.3. The summed E-state index contributed by atoms with van der Waals surface area (Å²) in [4.78, 5) is 0. The summed E-state index contributed by atoms with van der Waals surface area (Å²) in [6, 6.07) is 9.29. The Kier molecular flexibility index (Phi) is 4.43. The molecule has 2 nitrogen and oxygen atoms in total. The highest BCUT2D eigenvalue weighted by atomic mass is 35.5. The van der Waals surface area contributed by atoms with Gasteiger partial charge in [-0.25, -0.2) is 0 Å². The SMILES string of the molecule is CC(C)C1CN[C@@H](Cc2ccc(Cl)cc2)CN1. The van der Waals surface area contributed by atoms with Crippen LogP contribution in [0.15, 0.2) is 24.3 Å². The van der Waals surface area contributed by atoms with Crippen LogP contribution in [0, 0.1) is 5.92 Å². The van der Waals surface area contributed by atoms with E-state index in [1.54, 1.807) is 0 Å². The van der Waals surface area contributed by atoms with E-state index >= 15 is 0 Å². The lowest BCUT2D eigenvalue weighted by atomic mass is 9.98. The number of hydrogen-bond acceptors (Lipinski definition) is 2. The first-order valence-electron chi connectivity index (χ1n) is 6.36. The number of halogens is 1. The second-order valence-corrected chi connectivity index (χ2v) is 5.63. The fraction of sp³-hybridized carbons (Fsp3) is 0.571. The van der Waals surface area contributed by atoms with Gasteiger partial charge in [0.1, 0.15) is 0 Å². The van der Waals surface area contributed by atoms with Crippen molar-refractivity contribution in [2.45, 2.75) is 32.4 Å². The lowest BCUT2D eigenvalue weighted by Gasteiger charge is -2.33. The molecule has 0 aliphatic carbocycles. The number of benzene rings is 1. The summed E-state index contributed by atoms with van der Waals surface area (Å²) < 4.78 is 0. The van der Waals surface area contributed by atoms with Crippen LogP contribution >= 0.6 is 11.6 Å². The molecule has 0 saturated carbocycles. The summed E-state index contributed by atoms with van der Waals surface area (Å²) in [7, 11) is 0. The van der Waals surface area contributed by atoms with E-state index in [1.165, 1.54) is 5.56 Å². The predicted molar refractivity (Wildman–Crippen MR) is 73.6 cm³/mol. The summed E-state index contributed by atoms with van der Waals surface area (Å²) in [6.07, 6.45) is 1.06. The molecule has 94 valence electrons. The van der Waals surface area contributed by atoms with Crippen LogP contribution in [0.1, 0.15) is 19.4 Å². The largest absolute Gasteiger partial charge is 0.311 e. The normalized spacial score (nSPS) is 25.2.